The molecule has 0 saturated heterocycles. The Bertz CT molecular complexity index is 1050. The molecule has 0 amide bonds. The van der Waals surface area contributed by atoms with E-state index in [1.807, 2.05) is 36.4 Å². The summed E-state index contributed by atoms with van der Waals surface area (Å²) in [5, 5.41) is 4.87. The highest BCUT2D eigenvalue weighted by Gasteiger charge is 2.38. The van der Waals surface area contributed by atoms with Gasteiger partial charge in [-0.3, -0.25) is 0 Å². The first-order chi connectivity index (χ1) is 14.2. The lowest BCUT2D eigenvalue weighted by atomic mass is 9.77. The van der Waals surface area contributed by atoms with E-state index in [9.17, 15) is 0 Å². The molecule has 2 nitrogen and oxygen atoms in total. The maximum Gasteiger partial charge on any atom is 0.119 e. The Morgan fingerprint density at radius 2 is 1.72 bits per heavy atom. The van der Waals surface area contributed by atoms with E-state index in [2.05, 4.69) is 47.8 Å². The van der Waals surface area contributed by atoms with Crippen LogP contribution in [-0.4, -0.2) is 0 Å². The van der Waals surface area contributed by atoms with Gasteiger partial charge >= 0.3 is 0 Å². The summed E-state index contributed by atoms with van der Waals surface area (Å²) in [4.78, 5) is 0. The summed E-state index contributed by atoms with van der Waals surface area (Å²) in [5.41, 5.74) is 4.59. The fourth-order valence-electron chi connectivity index (χ4n) is 4.44. The maximum atomic E-state index is 6.54. The molecule has 5 rings (SSSR count). The highest BCUT2D eigenvalue weighted by atomic mass is 35.5. The third kappa shape index (κ3) is 3.52. The Morgan fingerprint density at radius 3 is 2.52 bits per heavy atom. The number of nitrogens with one attached hydrogen (secondary N) is 1. The highest BCUT2D eigenvalue weighted by molar-refractivity contribution is 6.43. The van der Waals surface area contributed by atoms with Crippen LogP contribution in [-0.2, 0) is 6.61 Å². The van der Waals surface area contributed by atoms with Crippen molar-refractivity contribution in [1.82, 2.24) is 0 Å². The molecule has 3 aromatic carbocycles. The molecular weight excluding hydrogens is 401 g/mol. The Kier molecular flexibility index (Phi) is 4.99. The molecule has 0 saturated carbocycles. The van der Waals surface area contributed by atoms with Crippen molar-refractivity contribution >= 4 is 28.9 Å². The number of allylic oxidation sites excluding steroid dienone is 2. The zero-order valence-corrected chi connectivity index (χ0v) is 17.3. The van der Waals surface area contributed by atoms with Crippen LogP contribution in [0.3, 0.4) is 0 Å². The van der Waals surface area contributed by atoms with E-state index in [0.717, 1.165) is 23.4 Å². The van der Waals surface area contributed by atoms with Crippen molar-refractivity contribution in [1.29, 1.82) is 0 Å². The lowest BCUT2D eigenvalue weighted by molar-refractivity contribution is 0.306. The van der Waals surface area contributed by atoms with Crippen LogP contribution in [0.25, 0.3) is 0 Å². The fraction of sp³-hybridized carbons (Fsp3) is 0.200. The highest BCUT2D eigenvalue weighted by Crippen LogP contribution is 2.52. The summed E-state index contributed by atoms with van der Waals surface area (Å²) in [6, 6.07) is 22.8. The number of hydrogen-bond acceptors (Lipinski definition) is 2. The van der Waals surface area contributed by atoms with Crippen molar-refractivity contribution in [2.45, 2.75) is 25.0 Å². The molecule has 2 aliphatic rings. The van der Waals surface area contributed by atoms with Gasteiger partial charge in [0.05, 0.1) is 21.8 Å². The van der Waals surface area contributed by atoms with Gasteiger partial charge in [0.2, 0.25) is 0 Å². The van der Waals surface area contributed by atoms with Crippen LogP contribution in [0.2, 0.25) is 10.0 Å². The second kappa shape index (κ2) is 7.78. The minimum Gasteiger partial charge on any atom is -0.489 e. The summed E-state index contributed by atoms with van der Waals surface area (Å²) in [6.07, 6.45) is 5.63. The van der Waals surface area contributed by atoms with Crippen molar-refractivity contribution in [3.05, 3.63) is 106 Å². The van der Waals surface area contributed by atoms with Gasteiger partial charge in [-0.25, -0.2) is 0 Å². The number of hydrogen-bond donors (Lipinski definition) is 1. The first-order valence-corrected chi connectivity index (χ1v) is 10.6. The van der Waals surface area contributed by atoms with Gasteiger partial charge in [-0.15, -0.1) is 0 Å². The molecule has 146 valence electrons. The molecule has 3 aromatic rings. The van der Waals surface area contributed by atoms with E-state index in [4.69, 9.17) is 27.9 Å². The van der Waals surface area contributed by atoms with Gasteiger partial charge in [0, 0.05) is 5.92 Å². The first-order valence-electron chi connectivity index (χ1n) is 9.88. The smallest absolute Gasteiger partial charge is 0.119 e. The van der Waals surface area contributed by atoms with Crippen molar-refractivity contribution in [2.24, 2.45) is 5.92 Å². The van der Waals surface area contributed by atoms with E-state index in [0.29, 0.717) is 28.5 Å². The number of fused-ring (bicyclic) bond motifs is 3. The molecule has 4 heteroatoms. The SMILES string of the molecule is Clc1ccc2c(c1Cl)NC(c1ccc(OCc3ccccc3)cc1)C1CC=CC21. The minimum atomic E-state index is 0.182. The fourth-order valence-corrected chi connectivity index (χ4v) is 4.83. The van der Waals surface area contributed by atoms with Crippen molar-refractivity contribution < 1.29 is 4.74 Å². The summed E-state index contributed by atoms with van der Waals surface area (Å²) >= 11 is 12.8. The van der Waals surface area contributed by atoms with Crippen molar-refractivity contribution in [3.8, 4) is 5.75 Å². The normalized spacial score (nSPS) is 21.9. The molecule has 3 atom stereocenters. The van der Waals surface area contributed by atoms with Gasteiger partial charge in [0.15, 0.2) is 0 Å². The predicted molar refractivity (Wildman–Crippen MR) is 120 cm³/mol. The topological polar surface area (TPSA) is 21.3 Å². The Balaban J connectivity index is 1.38. The third-order valence-electron chi connectivity index (χ3n) is 5.91. The maximum absolute atomic E-state index is 6.54. The van der Waals surface area contributed by atoms with E-state index in [-0.39, 0.29) is 6.04 Å². The second-order valence-electron chi connectivity index (χ2n) is 7.64. The lowest BCUT2D eigenvalue weighted by Crippen LogP contribution is -2.29. The number of rotatable bonds is 4. The molecule has 0 bridgehead atoms. The Hall–Kier alpha value is -2.42. The average molecular weight is 422 g/mol. The molecule has 1 aliphatic carbocycles. The standard InChI is InChI=1S/C25H21Cl2NO/c26-22-14-13-21-19-7-4-8-20(19)24(28-25(21)23(22)27)17-9-11-18(12-10-17)29-15-16-5-2-1-3-6-16/h1-7,9-14,19-20,24,28H,8,15H2. The van der Waals surface area contributed by atoms with Crippen LogP contribution in [0.1, 0.15) is 35.1 Å². The van der Waals surface area contributed by atoms with Crippen LogP contribution in [0.5, 0.6) is 5.75 Å². The van der Waals surface area contributed by atoms with Crippen LogP contribution >= 0.6 is 23.2 Å². The Labute approximate surface area is 181 Å². The zero-order valence-electron chi connectivity index (χ0n) is 15.8. The van der Waals surface area contributed by atoms with E-state index in [1.165, 1.54) is 11.1 Å². The third-order valence-corrected chi connectivity index (χ3v) is 6.72. The number of anilines is 1. The van der Waals surface area contributed by atoms with Crippen LogP contribution in [0, 0.1) is 5.92 Å². The van der Waals surface area contributed by atoms with Gasteiger partial charge in [0.1, 0.15) is 12.4 Å². The van der Waals surface area contributed by atoms with E-state index < -0.39 is 0 Å². The lowest BCUT2D eigenvalue weighted by Gasteiger charge is -2.38. The monoisotopic (exact) mass is 421 g/mol. The largest absolute Gasteiger partial charge is 0.489 e. The molecule has 1 N–H and O–H groups in total. The zero-order chi connectivity index (χ0) is 19.8. The summed E-state index contributed by atoms with van der Waals surface area (Å²) in [6.45, 7) is 0.567. The van der Waals surface area contributed by atoms with Crippen molar-refractivity contribution in [2.75, 3.05) is 5.32 Å². The summed E-state index contributed by atoms with van der Waals surface area (Å²) in [5.74, 6) is 1.70. The Morgan fingerprint density at radius 1 is 0.931 bits per heavy atom. The van der Waals surface area contributed by atoms with Gasteiger partial charge in [-0.1, -0.05) is 83.9 Å². The second-order valence-corrected chi connectivity index (χ2v) is 8.43. The van der Waals surface area contributed by atoms with Crippen LogP contribution < -0.4 is 10.1 Å². The molecule has 0 fully saturated rings. The van der Waals surface area contributed by atoms with Gasteiger partial charge in [-0.05, 0) is 47.2 Å². The van der Waals surface area contributed by atoms with Gasteiger partial charge in [-0.2, -0.15) is 0 Å². The average Bonchev–Trinajstić information content (AvgIpc) is 3.26. The predicted octanol–water partition coefficient (Wildman–Crippen LogP) is 7.40. The summed E-state index contributed by atoms with van der Waals surface area (Å²) in [7, 11) is 0. The minimum absolute atomic E-state index is 0.182. The number of benzene rings is 3. The van der Waals surface area contributed by atoms with E-state index in [1.54, 1.807) is 0 Å². The molecule has 0 aromatic heterocycles. The first kappa shape index (κ1) is 18.6. The quantitative estimate of drug-likeness (QED) is 0.443. The van der Waals surface area contributed by atoms with Gasteiger partial charge in [0.25, 0.3) is 0 Å². The molecule has 1 heterocycles. The molecule has 0 spiro atoms. The van der Waals surface area contributed by atoms with E-state index >= 15 is 0 Å². The van der Waals surface area contributed by atoms with Crippen LogP contribution in [0.15, 0.2) is 78.9 Å². The number of halogens is 2. The molecule has 3 unspecified atom stereocenters. The van der Waals surface area contributed by atoms with Gasteiger partial charge < -0.3 is 10.1 Å². The molecular formula is C25H21Cl2NO. The van der Waals surface area contributed by atoms with Crippen LogP contribution in [0.4, 0.5) is 5.69 Å². The molecule has 1 aliphatic heterocycles. The number of ether oxygens (including phenoxy) is 1. The van der Waals surface area contributed by atoms with Crippen molar-refractivity contribution in [3.63, 3.8) is 0 Å². The summed E-state index contributed by atoms with van der Waals surface area (Å²) < 4.78 is 5.94. The molecule has 29 heavy (non-hydrogen) atoms. The molecule has 0 radical (unpaired) electrons.